The van der Waals surface area contributed by atoms with Crippen LogP contribution in [0.3, 0.4) is 0 Å². The third-order valence-electron chi connectivity index (χ3n) is 5.05. The van der Waals surface area contributed by atoms with Gasteiger partial charge in [-0.05, 0) is 11.6 Å². The van der Waals surface area contributed by atoms with Gasteiger partial charge < -0.3 is 15.3 Å². The summed E-state index contributed by atoms with van der Waals surface area (Å²) >= 11 is 1.36. The highest BCUT2D eigenvalue weighted by Crippen LogP contribution is 2.30. The number of carboxylic acids is 1. The molecule has 4 heterocycles. The number of anilines is 1. The zero-order valence-corrected chi connectivity index (χ0v) is 17.2. The molecule has 1 aliphatic rings. The molecule has 0 bridgehead atoms. The Morgan fingerprint density at radius 2 is 1.97 bits per heavy atom. The first-order valence-electron chi connectivity index (χ1n) is 9.78. The Morgan fingerprint density at radius 1 is 1.16 bits per heavy atom. The van der Waals surface area contributed by atoms with E-state index in [0.717, 1.165) is 53.7 Å². The largest absolute Gasteiger partial charge is 0.480 e. The number of carboxylic acid groups (broad SMARTS) is 1. The molecule has 0 amide bonds. The lowest BCUT2D eigenvalue weighted by molar-refractivity contribution is -0.137. The molecule has 1 aliphatic heterocycles. The van der Waals surface area contributed by atoms with E-state index in [1.54, 1.807) is 16.9 Å². The third kappa shape index (κ3) is 3.92. The number of piperazine rings is 1. The van der Waals surface area contributed by atoms with E-state index in [0.29, 0.717) is 4.96 Å². The van der Waals surface area contributed by atoms with Gasteiger partial charge in [-0.2, -0.15) is 19.7 Å². The van der Waals surface area contributed by atoms with Gasteiger partial charge in [-0.15, -0.1) is 0 Å². The van der Waals surface area contributed by atoms with Crippen LogP contribution < -0.4 is 15.8 Å². The molecule has 2 N–H and O–H groups in total. The summed E-state index contributed by atoms with van der Waals surface area (Å²) in [5.41, 5.74) is 2.33. The second-order valence-corrected chi connectivity index (χ2v) is 8.15. The molecule has 0 radical (unpaired) electrons. The summed E-state index contributed by atoms with van der Waals surface area (Å²) < 4.78 is 3.13. The van der Waals surface area contributed by atoms with Crippen LogP contribution in [0.5, 0.6) is 0 Å². The molecular weight excluding hydrogens is 418 g/mol. The molecule has 1 saturated heterocycles. The van der Waals surface area contributed by atoms with Crippen molar-refractivity contribution in [2.75, 3.05) is 31.1 Å². The minimum atomic E-state index is -0.944. The Balaban J connectivity index is 1.52. The van der Waals surface area contributed by atoms with Gasteiger partial charge in [-0.1, -0.05) is 29.5 Å². The molecule has 0 unspecified atom stereocenters. The van der Waals surface area contributed by atoms with Gasteiger partial charge in [0.15, 0.2) is 0 Å². The number of rotatable bonds is 5. The fraction of sp³-hybridized carbons (Fsp3) is 0.250. The van der Waals surface area contributed by atoms with Crippen LogP contribution in [0.25, 0.3) is 26.7 Å². The average molecular weight is 437 g/mol. The SMILES string of the molecule is O=C(O)Cn1cc(-c2cccc(-c3nn4c(N5CCNCC5)cc(=O)nc4s3)c2)cn1. The number of aromatic nitrogens is 5. The first-order valence-corrected chi connectivity index (χ1v) is 10.6. The molecule has 1 aromatic carbocycles. The molecule has 0 atom stereocenters. The van der Waals surface area contributed by atoms with Gasteiger partial charge in [0, 0.05) is 49.6 Å². The predicted molar refractivity (Wildman–Crippen MR) is 117 cm³/mol. The van der Waals surface area contributed by atoms with Gasteiger partial charge in [-0.25, -0.2) is 0 Å². The van der Waals surface area contributed by atoms with Crippen molar-refractivity contribution in [3.05, 3.63) is 53.1 Å². The van der Waals surface area contributed by atoms with Crippen LogP contribution in [0.1, 0.15) is 0 Å². The fourth-order valence-corrected chi connectivity index (χ4v) is 4.50. The van der Waals surface area contributed by atoms with Crippen molar-refractivity contribution in [3.63, 3.8) is 0 Å². The normalized spacial score (nSPS) is 14.3. The summed E-state index contributed by atoms with van der Waals surface area (Å²) in [6.45, 7) is 3.12. The second-order valence-electron chi connectivity index (χ2n) is 7.19. The highest BCUT2D eigenvalue weighted by atomic mass is 32.1. The van der Waals surface area contributed by atoms with E-state index in [9.17, 15) is 9.59 Å². The molecule has 0 saturated carbocycles. The Morgan fingerprint density at radius 3 is 2.77 bits per heavy atom. The number of nitrogens with one attached hydrogen (secondary N) is 1. The van der Waals surface area contributed by atoms with Crippen molar-refractivity contribution < 1.29 is 9.90 Å². The van der Waals surface area contributed by atoms with Crippen molar-refractivity contribution in [1.29, 1.82) is 0 Å². The van der Waals surface area contributed by atoms with Crippen LogP contribution in [0.2, 0.25) is 0 Å². The van der Waals surface area contributed by atoms with Gasteiger partial charge >= 0.3 is 5.97 Å². The zero-order valence-electron chi connectivity index (χ0n) is 16.4. The summed E-state index contributed by atoms with van der Waals surface area (Å²) in [4.78, 5) is 29.9. The smallest absolute Gasteiger partial charge is 0.325 e. The van der Waals surface area contributed by atoms with Crippen LogP contribution >= 0.6 is 11.3 Å². The Labute approximate surface area is 180 Å². The molecule has 0 spiro atoms. The predicted octanol–water partition coefficient (Wildman–Crippen LogP) is 1.18. The molecule has 158 valence electrons. The molecule has 0 aliphatic carbocycles. The lowest BCUT2D eigenvalue weighted by Gasteiger charge is -2.28. The topological polar surface area (TPSA) is 118 Å². The average Bonchev–Trinajstić information content (AvgIpc) is 3.40. The van der Waals surface area contributed by atoms with Crippen LogP contribution in [0.15, 0.2) is 47.5 Å². The van der Waals surface area contributed by atoms with Gasteiger partial charge in [0.1, 0.15) is 17.4 Å². The van der Waals surface area contributed by atoms with E-state index in [4.69, 9.17) is 10.2 Å². The van der Waals surface area contributed by atoms with Crippen molar-refractivity contribution in [2.45, 2.75) is 6.54 Å². The van der Waals surface area contributed by atoms with E-state index in [1.807, 2.05) is 24.3 Å². The van der Waals surface area contributed by atoms with Crippen molar-refractivity contribution in [2.24, 2.45) is 0 Å². The summed E-state index contributed by atoms with van der Waals surface area (Å²) in [5.74, 6) is -0.189. The van der Waals surface area contributed by atoms with Crippen LogP contribution in [0, 0.1) is 0 Å². The molecule has 11 heteroatoms. The molecule has 5 rings (SSSR count). The Hall–Kier alpha value is -3.57. The minimum absolute atomic E-state index is 0.188. The number of benzene rings is 1. The molecule has 10 nitrogen and oxygen atoms in total. The van der Waals surface area contributed by atoms with Gasteiger partial charge in [-0.3, -0.25) is 14.3 Å². The van der Waals surface area contributed by atoms with Crippen molar-refractivity contribution >= 4 is 28.1 Å². The molecule has 3 aromatic heterocycles. The number of nitrogens with zero attached hydrogens (tertiary/aromatic N) is 6. The summed E-state index contributed by atoms with van der Waals surface area (Å²) in [6, 6.07) is 9.32. The van der Waals surface area contributed by atoms with Gasteiger partial charge in [0.25, 0.3) is 5.56 Å². The first kappa shape index (κ1) is 19.4. The van der Waals surface area contributed by atoms with E-state index in [1.165, 1.54) is 22.1 Å². The standard InChI is InChI=1S/C20H19N7O3S/c28-16-9-17(25-6-4-21-5-7-25)27-20(23-16)31-19(24-27)14-3-1-2-13(8-14)15-10-22-26(11-15)12-18(29)30/h1-3,8-11,21H,4-7,12H2,(H,29,30). The summed E-state index contributed by atoms with van der Waals surface area (Å²) in [5, 5.41) is 21.9. The lowest BCUT2D eigenvalue weighted by atomic mass is 10.1. The maximum absolute atomic E-state index is 12.2. The number of hydrogen-bond acceptors (Lipinski definition) is 8. The van der Waals surface area contributed by atoms with Gasteiger partial charge in [0.2, 0.25) is 4.96 Å². The summed E-state index contributed by atoms with van der Waals surface area (Å²) in [6.07, 6.45) is 3.34. The van der Waals surface area contributed by atoms with Crippen LogP contribution in [0.4, 0.5) is 5.82 Å². The number of carbonyl (C=O) groups is 1. The molecule has 31 heavy (non-hydrogen) atoms. The van der Waals surface area contributed by atoms with E-state index < -0.39 is 5.97 Å². The molecular formula is C20H19N7O3S. The van der Waals surface area contributed by atoms with E-state index in [2.05, 4.69) is 20.3 Å². The van der Waals surface area contributed by atoms with Crippen LogP contribution in [-0.4, -0.2) is 61.6 Å². The number of aliphatic carboxylic acids is 1. The van der Waals surface area contributed by atoms with Crippen molar-refractivity contribution in [1.82, 2.24) is 29.7 Å². The maximum Gasteiger partial charge on any atom is 0.325 e. The highest BCUT2D eigenvalue weighted by molar-refractivity contribution is 7.19. The minimum Gasteiger partial charge on any atom is -0.480 e. The monoisotopic (exact) mass is 437 g/mol. The fourth-order valence-electron chi connectivity index (χ4n) is 3.61. The summed E-state index contributed by atoms with van der Waals surface area (Å²) in [7, 11) is 0. The molecule has 4 aromatic rings. The van der Waals surface area contributed by atoms with Gasteiger partial charge in [0.05, 0.1) is 6.20 Å². The van der Waals surface area contributed by atoms with E-state index >= 15 is 0 Å². The van der Waals surface area contributed by atoms with Crippen LogP contribution in [-0.2, 0) is 11.3 Å². The first-order chi connectivity index (χ1) is 15.1. The second kappa shape index (κ2) is 7.93. The quantitative estimate of drug-likeness (QED) is 0.478. The zero-order chi connectivity index (χ0) is 21.4. The highest BCUT2D eigenvalue weighted by Gasteiger charge is 2.18. The Bertz CT molecular complexity index is 1320. The van der Waals surface area contributed by atoms with Crippen molar-refractivity contribution in [3.8, 4) is 21.7 Å². The van der Waals surface area contributed by atoms with E-state index in [-0.39, 0.29) is 12.1 Å². The maximum atomic E-state index is 12.2. The number of hydrogen-bond donors (Lipinski definition) is 2. The lowest BCUT2D eigenvalue weighted by Crippen LogP contribution is -2.44. The number of fused-ring (bicyclic) bond motifs is 1. The molecule has 1 fully saturated rings. The third-order valence-corrected chi connectivity index (χ3v) is 6.01. The Kier molecular flexibility index (Phi) is 4.96.